The summed E-state index contributed by atoms with van der Waals surface area (Å²) < 4.78 is 2.33. The molecule has 1 N–H and O–H groups in total. The number of para-hydroxylation sites is 1. The molecule has 4 nitrogen and oxygen atoms in total. The van der Waals surface area contributed by atoms with Crippen LogP contribution >= 0.6 is 0 Å². The van der Waals surface area contributed by atoms with Crippen molar-refractivity contribution in [2.45, 2.75) is 13.3 Å². The first kappa shape index (κ1) is 30.8. The molecule has 2 aromatic heterocycles. The molecular formula is C46H36N4. The number of rotatable bonds is 9. The Labute approximate surface area is 292 Å². The Bertz CT molecular complexity index is 2510. The van der Waals surface area contributed by atoms with Gasteiger partial charge in [-0.25, -0.2) is 4.99 Å². The third kappa shape index (κ3) is 6.23. The summed E-state index contributed by atoms with van der Waals surface area (Å²) in [5.41, 5.74) is 9.47. The molecule has 0 aliphatic carbocycles. The Kier molecular flexibility index (Phi) is 8.57. The van der Waals surface area contributed by atoms with E-state index in [0.717, 1.165) is 62.6 Å². The molecule has 50 heavy (non-hydrogen) atoms. The predicted octanol–water partition coefficient (Wildman–Crippen LogP) is 11.8. The number of allylic oxidation sites excluding steroid dienone is 1. The molecular weight excluding hydrogens is 609 g/mol. The van der Waals surface area contributed by atoms with Crippen LogP contribution in [0.25, 0.3) is 55.7 Å². The summed E-state index contributed by atoms with van der Waals surface area (Å²) in [6, 6.07) is 55.2. The van der Waals surface area contributed by atoms with Gasteiger partial charge in [-0.1, -0.05) is 116 Å². The topological polar surface area (TPSA) is 42.2 Å². The molecule has 0 fully saturated rings. The molecule has 0 spiro atoms. The van der Waals surface area contributed by atoms with Crippen molar-refractivity contribution in [1.82, 2.24) is 9.55 Å². The molecule has 0 atom stereocenters. The monoisotopic (exact) mass is 644 g/mol. The second kappa shape index (κ2) is 13.9. The number of nitrogens with zero attached hydrogens (tertiary/aromatic N) is 3. The number of pyridine rings is 1. The van der Waals surface area contributed by atoms with Gasteiger partial charge in [0.25, 0.3) is 0 Å². The first-order valence-corrected chi connectivity index (χ1v) is 17.1. The van der Waals surface area contributed by atoms with Gasteiger partial charge in [-0.3, -0.25) is 9.55 Å². The van der Waals surface area contributed by atoms with Gasteiger partial charge >= 0.3 is 0 Å². The quantitative estimate of drug-likeness (QED) is 0.159. The summed E-state index contributed by atoms with van der Waals surface area (Å²) in [7, 11) is 0. The molecule has 4 heteroatoms. The summed E-state index contributed by atoms with van der Waals surface area (Å²) in [6.45, 7) is 2.17. The highest BCUT2D eigenvalue weighted by Crippen LogP contribution is 2.36. The lowest BCUT2D eigenvalue weighted by Gasteiger charge is -2.14. The number of benzene rings is 6. The van der Waals surface area contributed by atoms with Crippen molar-refractivity contribution in [3.63, 3.8) is 0 Å². The fourth-order valence-electron chi connectivity index (χ4n) is 6.55. The average Bonchev–Trinajstić information content (AvgIpc) is 3.49. The van der Waals surface area contributed by atoms with Crippen LogP contribution in [0.3, 0.4) is 0 Å². The zero-order chi connectivity index (χ0) is 33.7. The SMILES string of the molecule is CC/C=C(/N=C(c1ccccc1)c1ccc(-c2ccccn2)cc1)n1c2ccc(/C=C\Nc3ccccc3)cc2c2cc3ccccc3cc21. The van der Waals surface area contributed by atoms with E-state index in [1.54, 1.807) is 0 Å². The molecule has 0 bridgehead atoms. The maximum Gasteiger partial charge on any atom is 0.134 e. The number of aromatic nitrogens is 2. The lowest BCUT2D eigenvalue weighted by molar-refractivity contribution is 1.12. The Hall–Kier alpha value is -6.52. The number of hydrogen-bond donors (Lipinski definition) is 1. The Morgan fingerprint density at radius 2 is 1.34 bits per heavy atom. The summed E-state index contributed by atoms with van der Waals surface area (Å²) in [6.07, 6.45) is 9.03. The van der Waals surface area contributed by atoms with E-state index in [1.807, 2.05) is 54.9 Å². The first-order chi connectivity index (χ1) is 24.7. The average molecular weight is 645 g/mol. The smallest absolute Gasteiger partial charge is 0.134 e. The Balaban J connectivity index is 1.29. The van der Waals surface area contributed by atoms with E-state index in [-0.39, 0.29) is 0 Å². The van der Waals surface area contributed by atoms with E-state index in [4.69, 9.17) is 4.99 Å². The lowest BCUT2D eigenvalue weighted by Crippen LogP contribution is -2.06. The predicted molar refractivity (Wildman–Crippen MR) is 212 cm³/mol. The van der Waals surface area contributed by atoms with E-state index in [0.29, 0.717) is 0 Å². The molecule has 0 aliphatic heterocycles. The van der Waals surface area contributed by atoms with Crippen LogP contribution in [0.15, 0.2) is 181 Å². The van der Waals surface area contributed by atoms with E-state index in [9.17, 15) is 0 Å². The molecule has 8 rings (SSSR count). The van der Waals surface area contributed by atoms with Crippen molar-refractivity contribution in [3.05, 3.63) is 193 Å². The minimum absolute atomic E-state index is 0.834. The van der Waals surface area contributed by atoms with Gasteiger partial charge in [-0.05, 0) is 83.4 Å². The van der Waals surface area contributed by atoms with Crippen molar-refractivity contribution >= 4 is 55.9 Å². The van der Waals surface area contributed by atoms with E-state index < -0.39 is 0 Å². The molecule has 0 radical (unpaired) electrons. The van der Waals surface area contributed by atoms with Gasteiger partial charge in [0.15, 0.2) is 0 Å². The fourth-order valence-corrected chi connectivity index (χ4v) is 6.55. The second-order valence-corrected chi connectivity index (χ2v) is 12.3. The normalized spacial score (nSPS) is 12.3. The third-order valence-electron chi connectivity index (χ3n) is 8.96. The second-order valence-electron chi connectivity index (χ2n) is 12.3. The molecule has 0 saturated heterocycles. The van der Waals surface area contributed by atoms with E-state index in [1.165, 1.54) is 21.5 Å². The summed E-state index contributed by atoms with van der Waals surface area (Å²) in [5, 5.41) is 8.19. The number of nitrogens with one attached hydrogen (secondary N) is 1. The lowest BCUT2D eigenvalue weighted by atomic mass is 10.00. The van der Waals surface area contributed by atoms with Crippen LogP contribution < -0.4 is 5.32 Å². The van der Waals surface area contributed by atoms with Crippen LogP contribution in [0.5, 0.6) is 0 Å². The van der Waals surface area contributed by atoms with Crippen LogP contribution in [0, 0.1) is 0 Å². The van der Waals surface area contributed by atoms with Crippen LogP contribution in [0.1, 0.15) is 30.0 Å². The van der Waals surface area contributed by atoms with Gasteiger partial charge in [0.05, 0.1) is 22.4 Å². The molecule has 6 aromatic carbocycles. The van der Waals surface area contributed by atoms with E-state index >= 15 is 0 Å². The highest BCUT2D eigenvalue weighted by molar-refractivity contribution is 6.17. The number of aliphatic imine (C=N–C) groups is 1. The third-order valence-corrected chi connectivity index (χ3v) is 8.96. The van der Waals surface area contributed by atoms with Crippen molar-refractivity contribution in [3.8, 4) is 11.3 Å². The first-order valence-electron chi connectivity index (χ1n) is 17.1. The summed E-state index contributed by atoms with van der Waals surface area (Å²) >= 11 is 0. The zero-order valence-corrected chi connectivity index (χ0v) is 27.9. The zero-order valence-electron chi connectivity index (χ0n) is 27.9. The summed E-state index contributed by atoms with van der Waals surface area (Å²) in [4.78, 5) is 10.1. The van der Waals surface area contributed by atoms with Gasteiger partial charge in [-0.15, -0.1) is 0 Å². The maximum atomic E-state index is 5.54. The maximum absolute atomic E-state index is 5.54. The minimum Gasteiger partial charge on any atom is -0.362 e. The number of hydrogen-bond acceptors (Lipinski definition) is 3. The van der Waals surface area contributed by atoms with Crippen molar-refractivity contribution < 1.29 is 0 Å². The van der Waals surface area contributed by atoms with Crippen molar-refractivity contribution in [2.24, 2.45) is 4.99 Å². The fraction of sp³-hybridized carbons (Fsp3) is 0.0435. The summed E-state index contributed by atoms with van der Waals surface area (Å²) in [5.74, 6) is 0.893. The number of fused-ring (bicyclic) bond motifs is 4. The van der Waals surface area contributed by atoms with Crippen LogP contribution in [0.4, 0.5) is 5.69 Å². The van der Waals surface area contributed by atoms with Crippen LogP contribution in [-0.4, -0.2) is 15.3 Å². The molecule has 0 aliphatic rings. The van der Waals surface area contributed by atoms with Crippen molar-refractivity contribution in [2.75, 3.05) is 5.32 Å². The van der Waals surface area contributed by atoms with Gasteiger partial charge in [0.1, 0.15) is 5.82 Å². The Morgan fingerprint density at radius 1 is 0.660 bits per heavy atom. The molecule has 0 saturated carbocycles. The highest BCUT2D eigenvalue weighted by Gasteiger charge is 2.17. The molecule has 2 heterocycles. The molecule has 240 valence electrons. The van der Waals surface area contributed by atoms with Gasteiger partial charge in [0, 0.05) is 45.5 Å². The van der Waals surface area contributed by atoms with E-state index in [2.05, 4.69) is 149 Å². The molecule has 0 amide bonds. The molecule has 0 unspecified atom stereocenters. The minimum atomic E-state index is 0.834. The van der Waals surface area contributed by atoms with Crippen molar-refractivity contribution in [1.29, 1.82) is 0 Å². The Morgan fingerprint density at radius 3 is 2.08 bits per heavy atom. The largest absolute Gasteiger partial charge is 0.362 e. The van der Waals surface area contributed by atoms with Crippen LogP contribution in [0.2, 0.25) is 0 Å². The van der Waals surface area contributed by atoms with Gasteiger partial charge in [-0.2, -0.15) is 0 Å². The van der Waals surface area contributed by atoms with Gasteiger partial charge in [0.2, 0.25) is 0 Å². The standard InChI is InChI=1S/C46H36N4/c1-2-13-45(49-46(35-14-5-3-6-15-35)36-24-22-34(23-25-36)42-20-11-12-28-48-42)50-43-26-21-33(27-29-47-39-18-7-4-8-19-39)30-40(43)41-31-37-16-9-10-17-38(37)32-44(41)50/h3-32,47H,2H2,1H3/b29-27-,45-13-,49-46?. The molecule has 8 aromatic rings. The highest BCUT2D eigenvalue weighted by atomic mass is 15.1. The van der Waals surface area contributed by atoms with Crippen LogP contribution in [-0.2, 0) is 0 Å². The number of anilines is 1. The van der Waals surface area contributed by atoms with Gasteiger partial charge < -0.3 is 5.32 Å².